The summed E-state index contributed by atoms with van der Waals surface area (Å²) in [4.78, 5) is 0. The van der Waals surface area contributed by atoms with Gasteiger partial charge in [-0.1, -0.05) is 30.3 Å². The fourth-order valence-electron chi connectivity index (χ4n) is 1.97. The van der Waals surface area contributed by atoms with Gasteiger partial charge in [0.1, 0.15) is 6.10 Å². The average molecular weight is 238 g/mol. The maximum atomic E-state index is 9.87. The van der Waals surface area contributed by atoms with Crippen molar-refractivity contribution in [1.29, 1.82) is 0 Å². The molecule has 94 valence electrons. The third-order valence-corrected chi connectivity index (χ3v) is 2.97. The van der Waals surface area contributed by atoms with Gasteiger partial charge in [-0.05, 0) is 12.5 Å². The number of hydrogen-bond acceptors (Lipinski definition) is 4. The number of aliphatic hydroxyl groups is 2. The standard InChI is InChI=1S/C13H18O4/c1-9-13(15)11(7-12(14)17-9)16-8-10-5-3-2-4-6-10/h2-6,9,11-15H,7-8H2,1H3/t9-,11-,12-,13-/m0/s1. The quantitative estimate of drug-likeness (QED) is 0.826. The molecule has 1 aromatic carbocycles. The first-order valence-electron chi connectivity index (χ1n) is 5.84. The van der Waals surface area contributed by atoms with Crippen molar-refractivity contribution >= 4 is 0 Å². The largest absolute Gasteiger partial charge is 0.388 e. The van der Waals surface area contributed by atoms with Crippen LogP contribution < -0.4 is 0 Å². The van der Waals surface area contributed by atoms with Crippen molar-refractivity contribution in [2.75, 3.05) is 0 Å². The predicted molar refractivity (Wildman–Crippen MR) is 62.2 cm³/mol. The van der Waals surface area contributed by atoms with E-state index in [4.69, 9.17) is 9.47 Å². The van der Waals surface area contributed by atoms with Crippen LogP contribution in [0.3, 0.4) is 0 Å². The minimum atomic E-state index is -0.853. The lowest BCUT2D eigenvalue weighted by molar-refractivity contribution is -0.238. The van der Waals surface area contributed by atoms with E-state index in [0.717, 1.165) is 5.56 Å². The summed E-state index contributed by atoms with van der Waals surface area (Å²) < 4.78 is 10.7. The van der Waals surface area contributed by atoms with Gasteiger partial charge in [0.05, 0.1) is 18.8 Å². The predicted octanol–water partition coefficient (Wildman–Crippen LogP) is 1.06. The van der Waals surface area contributed by atoms with Crippen LogP contribution in [0.25, 0.3) is 0 Å². The van der Waals surface area contributed by atoms with Crippen molar-refractivity contribution in [3.05, 3.63) is 35.9 Å². The lowest BCUT2D eigenvalue weighted by Gasteiger charge is -2.35. The van der Waals surface area contributed by atoms with Crippen molar-refractivity contribution in [3.63, 3.8) is 0 Å². The first kappa shape index (κ1) is 12.5. The van der Waals surface area contributed by atoms with Gasteiger partial charge in [-0.3, -0.25) is 0 Å². The molecule has 2 rings (SSSR count). The third-order valence-electron chi connectivity index (χ3n) is 2.97. The van der Waals surface area contributed by atoms with E-state index in [1.165, 1.54) is 0 Å². The zero-order valence-corrected chi connectivity index (χ0v) is 9.82. The van der Waals surface area contributed by atoms with Crippen molar-refractivity contribution < 1.29 is 19.7 Å². The van der Waals surface area contributed by atoms with Crippen LogP contribution in [0.5, 0.6) is 0 Å². The number of aliphatic hydroxyl groups excluding tert-OH is 2. The van der Waals surface area contributed by atoms with E-state index in [2.05, 4.69) is 0 Å². The Morgan fingerprint density at radius 3 is 2.71 bits per heavy atom. The Balaban J connectivity index is 1.89. The summed E-state index contributed by atoms with van der Waals surface area (Å²) in [6.45, 7) is 2.16. The van der Waals surface area contributed by atoms with Crippen LogP contribution in [-0.4, -0.2) is 34.8 Å². The molecule has 1 saturated heterocycles. The fraction of sp³-hybridized carbons (Fsp3) is 0.538. The van der Waals surface area contributed by atoms with Gasteiger partial charge in [-0.2, -0.15) is 0 Å². The van der Waals surface area contributed by atoms with Crippen LogP contribution in [0.4, 0.5) is 0 Å². The zero-order chi connectivity index (χ0) is 12.3. The van der Waals surface area contributed by atoms with Crippen molar-refractivity contribution in [3.8, 4) is 0 Å². The molecule has 1 aliphatic rings. The highest BCUT2D eigenvalue weighted by Gasteiger charge is 2.35. The maximum Gasteiger partial charge on any atom is 0.157 e. The molecule has 4 heteroatoms. The Hall–Kier alpha value is -0.940. The SMILES string of the molecule is C[C@@H]1O[C@H](O)C[C@H](OCc2ccccc2)[C@H]1O. The second-order valence-corrected chi connectivity index (χ2v) is 4.36. The highest BCUT2D eigenvalue weighted by molar-refractivity contribution is 5.13. The van der Waals surface area contributed by atoms with E-state index >= 15 is 0 Å². The molecule has 1 aromatic rings. The van der Waals surface area contributed by atoms with Crippen molar-refractivity contribution in [2.24, 2.45) is 0 Å². The third kappa shape index (κ3) is 3.26. The maximum absolute atomic E-state index is 9.87. The Morgan fingerprint density at radius 1 is 1.29 bits per heavy atom. The smallest absolute Gasteiger partial charge is 0.157 e. The molecular weight excluding hydrogens is 220 g/mol. The minimum Gasteiger partial charge on any atom is -0.388 e. The highest BCUT2D eigenvalue weighted by Crippen LogP contribution is 2.22. The van der Waals surface area contributed by atoms with Crippen LogP contribution in [0, 0.1) is 0 Å². The molecule has 1 heterocycles. The molecule has 1 aliphatic heterocycles. The normalized spacial score (nSPS) is 33.6. The van der Waals surface area contributed by atoms with Crippen LogP contribution in [0.1, 0.15) is 18.9 Å². The summed E-state index contributed by atoms with van der Waals surface area (Å²) in [6, 6.07) is 9.75. The van der Waals surface area contributed by atoms with Gasteiger partial charge in [-0.15, -0.1) is 0 Å². The molecule has 0 bridgehead atoms. The second kappa shape index (κ2) is 5.60. The summed E-state index contributed by atoms with van der Waals surface area (Å²) in [5, 5.41) is 19.3. The minimum absolute atomic E-state index is 0.304. The highest BCUT2D eigenvalue weighted by atomic mass is 16.6. The molecule has 0 radical (unpaired) electrons. The van der Waals surface area contributed by atoms with Gasteiger partial charge in [-0.25, -0.2) is 0 Å². The summed E-state index contributed by atoms with van der Waals surface area (Å²) >= 11 is 0. The topological polar surface area (TPSA) is 58.9 Å². The van der Waals surface area contributed by atoms with Crippen molar-refractivity contribution in [1.82, 2.24) is 0 Å². The van der Waals surface area contributed by atoms with Gasteiger partial charge in [0.15, 0.2) is 6.29 Å². The number of ether oxygens (including phenoxy) is 2. The fourth-order valence-corrected chi connectivity index (χ4v) is 1.97. The van der Waals surface area contributed by atoms with E-state index in [-0.39, 0.29) is 6.10 Å². The first-order valence-corrected chi connectivity index (χ1v) is 5.84. The Bertz CT molecular complexity index is 341. The Kier molecular flexibility index (Phi) is 4.12. The molecule has 0 spiro atoms. The molecule has 2 N–H and O–H groups in total. The van der Waals surface area contributed by atoms with Gasteiger partial charge < -0.3 is 19.7 Å². The summed E-state index contributed by atoms with van der Waals surface area (Å²) in [7, 11) is 0. The molecule has 17 heavy (non-hydrogen) atoms. The number of benzene rings is 1. The zero-order valence-electron chi connectivity index (χ0n) is 9.82. The van der Waals surface area contributed by atoms with E-state index in [9.17, 15) is 10.2 Å². The molecule has 0 amide bonds. The average Bonchev–Trinajstić information content (AvgIpc) is 2.33. The first-order chi connectivity index (χ1) is 8.16. The molecule has 4 nitrogen and oxygen atoms in total. The van der Waals surface area contributed by atoms with E-state index in [1.54, 1.807) is 6.92 Å². The summed E-state index contributed by atoms with van der Waals surface area (Å²) in [5.74, 6) is 0. The van der Waals surface area contributed by atoms with Gasteiger partial charge in [0, 0.05) is 6.42 Å². The van der Waals surface area contributed by atoms with Gasteiger partial charge in [0.25, 0.3) is 0 Å². The molecule has 0 saturated carbocycles. The lowest BCUT2D eigenvalue weighted by Crippen LogP contribution is -2.47. The number of rotatable bonds is 3. The summed E-state index contributed by atoms with van der Waals surface area (Å²) in [6.07, 6.45) is -2.03. The van der Waals surface area contributed by atoms with Crippen LogP contribution in [0.2, 0.25) is 0 Å². The molecule has 1 fully saturated rings. The molecule has 0 aromatic heterocycles. The van der Waals surface area contributed by atoms with Gasteiger partial charge >= 0.3 is 0 Å². The van der Waals surface area contributed by atoms with E-state index < -0.39 is 18.5 Å². The lowest BCUT2D eigenvalue weighted by atomic mass is 10.0. The van der Waals surface area contributed by atoms with Crippen LogP contribution >= 0.6 is 0 Å². The molecular formula is C13H18O4. The Morgan fingerprint density at radius 2 is 2.00 bits per heavy atom. The Labute approximate surface area is 101 Å². The van der Waals surface area contributed by atoms with Gasteiger partial charge in [0.2, 0.25) is 0 Å². The van der Waals surface area contributed by atoms with E-state index in [1.807, 2.05) is 30.3 Å². The molecule has 0 unspecified atom stereocenters. The summed E-state index contributed by atoms with van der Waals surface area (Å²) in [5.41, 5.74) is 1.05. The van der Waals surface area contributed by atoms with Crippen LogP contribution in [-0.2, 0) is 16.1 Å². The number of hydrogen-bond donors (Lipinski definition) is 2. The van der Waals surface area contributed by atoms with Crippen LogP contribution in [0.15, 0.2) is 30.3 Å². The molecule has 0 aliphatic carbocycles. The van der Waals surface area contributed by atoms with Crippen molar-refractivity contribution in [2.45, 2.75) is 44.6 Å². The second-order valence-electron chi connectivity index (χ2n) is 4.36. The molecule has 4 atom stereocenters. The van der Waals surface area contributed by atoms with E-state index in [0.29, 0.717) is 13.0 Å². The monoisotopic (exact) mass is 238 g/mol.